The lowest BCUT2D eigenvalue weighted by atomic mass is 9.92. The van der Waals surface area contributed by atoms with Crippen molar-refractivity contribution < 1.29 is 33.8 Å². The largest absolute Gasteiger partial charge is 0.480 e. The lowest BCUT2D eigenvalue weighted by molar-refractivity contribution is -0.156. The van der Waals surface area contributed by atoms with Crippen LogP contribution >= 0.6 is 0 Å². The quantitative estimate of drug-likeness (QED) is 0.394. The van der Waals surface area contributed by atoms with E-state index in [9.17, 15) is 19.5 Å². The minimum atomic E-state index is -1.06. The fourth-order valence-electron chi connectivity index (χ4n) is 8.30. The molecule has 7 rings (SSSR count). The molecule has 51 heavy (non-hydrogen) atoms. The molecule has 4 amide bonds. The van der Waals surface area contributed by atoms with Crippen LogP contribution in [0.5, 0.6) is 0 Å². The van der Waals surface area contributed by atoms with Crippen molar-refractivity contribution in [3.63, 3.8) is 0 Å². The third-order valence-corrected chi connectivity index (χ3v) is 10.6. The number of fused-ring (bicyclic) bond motifs is 2. The molecule has 3 aromatic rings. The van der Waals surface area contributed by atoms with Gasteiger partial charge < -0.3 is 24.5 Å². The van der Waals surface area contributed by atoms with Crippen LogP contribution in [0.25, 0.3) is 0 Å². The molecule has 11 heteroatoms. The van der Waals surface area contributed by atoms with Gasteiger partial charge in [-0.05, 0) is 74.8 Å². The van der Waals surface area contributed by atoms with E-state index in [1.165, 1.54) is 9.80 Å². The van der Waals surface area contributed by atoms with Crippen molar-refractivity contribution in [1.29, 1.82) is 0 Å². The number of nitrogens with zero attached hydrogens (tertiary/aromatic N) is 4. The average Bonchev–Trinajstić information content (AvgIpc) is 3.87. The summed E-state index contributed by atoms with van der Waals surface area (Å²) < 4.78 is 5.81. The number of carbonyl (C=O) groups excluding carboxylic acids is 4. The first-order chi connectivity index (χ1) is 24.4. The third-order valence-electron chi connectivity index (χ3n) is 10.6. The van der Waals surface area contributed by atoms with Gasteiger partial charge in [-0.1, -0.05) is 72.8 Å². The number of aliphatic carboxylic acids is 1. The second kappa shape index (κ2) is 13.5. The van der Waals surface area contributed by atoms with Crippen molar-refractivity contribution in [2.24, 2.45) is 0 Å². The molecule has 0 spiro atoms. The Kier molecular flexibility index (Phi) is 9.07. The number of hydrogen-bond acceptors (Lipinski definition) is 6. The van der Waals surface area contributed by atoms with E-state index >= 15 is 9.59 Å². The summed E-state index contributed by atoms with van der Waals surface area (Å²) >= 11 is 0. The number of likely N-dealkylation sites (tertiary alicyclic amines) is 2. The number of rotatable bonds is 5. The van der Waals surface area contributed by atoms with Crippen molar-refractivity contribution in [1.82, 2.24) is 14.7 Å². The molecule has 0 unspecified atom stereocenters. The molecular weight excluding hydrogens is 648 g/mol. The molecule has 0 bridgehead atoms. The Morgan fingerprint density at radius 1 is 0.667 bits per heavy atom. The minimum absolute atomic E-state index is 0.157. The predicted molar refractivity (Wildman–Crippen MR) is 189 cm³/mol. The van der Waals surface area contributed by atoms with Crippen LogP contribution in [0.4, 0.5) is 10.5 Å². The number of amides is 4. The maximum Gasteiger partial charge on any atom is 0.415 e. The molecule has 2 fully saturated rings. The summed E-state index contributed by atoms with van der Waals surface area (Å²) in [5.74, 6) is -2.17. The highest BCUT2D eigenvalue weighted by molar-refractivity contribution is 6.02. The van der Waals surface area contributed by atoms with Gasteiger partial charge in [0.1, 0.15) is 29.8 Å². The maximum absolute atomic E-state index is 15.1. The zero-order valence-electron chi connectivity index (χ0n) is 29.2. The number of carboxylic acid groups (broad SMARTS) is 1. The summed E-state index contributed by atoms with van der Waals surface area (Å²) in [7, 11) is 0. The molecule has 5 atom stereocenters. The van der Waals surface area contributed by atoms with Crippen LogP contribution in [0.1, 0.15) is 74.8 Å². The SMILES string of the molecule is CC(C)(C)OC(=O)N1c2ccccc2C[C@@H]1C(=O)N1[C@H](C(=O)N2Cc3ccccc3C[C@@H]2C(=O)N2CCC[C@@H]2C(=O)O)CC[C@H]1c1ccccc1. The van der Waals surface area contributed by atoms with Crippen LogP contribution in [0, 0.1) is 0 Å². The Hall–Kier alpha value is -5.19. The highest BCUT2D eigenvalue weighted by atomic mass is 16.6. The van der Waals surface area contributed by atoms with E-state index in [1.807, 2.05) is 72.8 Å². The Bertz CT molecular complexity index is 1860. The Morgan fingerprint density at radius 2 is 1.29 bits per heavy atom. The van der Waals surface area contributed by atoms with E-state index in [1.54, 1.807) is 36.6 Å². The second-order valence-corrected chi connectivity index (χ2v) is 14.9. The van der Waals surface area contributed by atoms with Crippen LogP contribution in [0.2, 0.25) is 0 Å². The number of para-hydroxylation sites is 1. The molecule has 4 aliphatic heterocycles. The van der Waals surface area contributed by atoms with Gasteiger partial charge in [0.2, 0.25) is 17.7 Å². The molecule has 2 saturated heterocycles. The van der Waals surface area contributed by atoms with E-state index in [0.29, 0.717) is 37.9 Å². The first kappa shape index (κ1) is 34.3. The highest BCUT2D eigenvalue weighted by Gasteiger charge is 2.51. The number of benzene rings is 3. The lowest BCUT2D eigenvalue weighted by Gasteiger charge is -2.42. The van der Waals surface area contributed by atoms with Gasteiger partial charge in [0.05, 0.1) is 11.7 Å². The summed E-state index contributed by atoms with van der Waals surface area (Å²) in [5.41, 5.74) is 3.34. The number of ether oxygens (including phenoxy) is 1. The van der Waals surface area contributed by atoms with E-state index in [2.05, 4.69) is 0 Å². The summed E-state index contributed by atoms with van der Waals surface area (Å²) in [5, 5.41) is 9.91. The first-order valence-electron chi connectivity index (χ1n) is 17.8. The maximum atomic E-state index is 15.1. The molecule has 0 aromatic heterocycles. The number of anilines is 1. The first-order valence-corrected chi connectivity index (χ1v) is 17.8. The van der Waals surface area contributed by atoms with E-state index < -0.39 is 47.9 Å². The molecule has 0 aliphatic carbocycles. The average molecular weight is 693 g/mol. The molecular formula is C40H44N4O7. The minimum Gasteiger partial charge on any atom is -0.480 e. The smallest absolute Gasteiger partial charge is 0.415 e. The number of carboxylic acids is 1. The van der Waals surface area contributed by atoms with Gasteiger partial charge in [-0.15, -0.1) is 0 Å². The summed E-state index contributed by atoms with van der Waals surface area (Å²) in [6.07, 6.45) is 1.67. The summed E-state index contributed by atoms with van der Waals surface area (Å²) in [6.45, 7) is 5.80. The molecule has 266 valence electrons. The van der Waals surface area contributed by atoms with Gasteiger partial charge >= 0.3 is 12.1 Å². The highest BCUT2D eigenvalue weighted by Crippen LogP contribution is 2.42. The fraction of sp³-hybridized carbons (Fsp3) is 0.425. The van der Waals surface area contributed by atoms with Crippen LogP contribution in [-0.2, 0) is 43.3 Å². The Balaban J connectivity index is 1.26. The normalized spacial score (nSPS) is 24.3. The molecule has 4 heterocycles. The van der Waals surface area contributed by atoms with Gasteiger partial charge in [0, 0.05) is 25.9 Å². The lowest BCUT2D eigenvalue weighted by Crippen LogP contribution is -2.60. The van der Waals surface area contributed by atoms with Gasteiger partial charge in [-0.3, -0.25) is 19.3 Å². The summed E-state index contributed by atoms with van der Waals surface area (Å²) in [4.78, 5) is 76.3. The fourth-order valence-corrected chi connectivity index (χ4v) is 8.30. The van der Waals surface area contributed by atoms with Crippen molar-refractivity contribution in [2.45, 2.75) is 102 Å². The molecule has 1 N–H and O–H groups in total. The number of carbonyl (C=O) groups is 5. The van der Waals surface area contributed by atoms with Crippen molar-refractivity contribution in [3.8, 4) is 0 Å². The predicted octanol–water partition coefficient (Wildman–Crippen LogP) is 5.11. The van der Waals surface area contributed by atoms with E-state index in [4.69, 9.17) is 4.74 Å². The van der Waals surface area contributed by atoms with Gasteiger partial charge in [0.15, 0.2) is 0 Å². The topological polar surface area (TPSA) is 128 Å². The summed E-state index contributed by atoms with van der Waals surface area (Å²) in [6, 6.07) is 20.5. The molecule has 0 radical (unpaired) electrons. The van der Waals surface area contributed by atoms with Gasteiger partial charge in [-0.2, -0.15) is 0 Å². The van der Waals surface area contributed by atoms with Crippen LogP contribution in [0.15, 0.2) is 78.9 Å². The molecule has 3 aromatic carbocycles. The molecule has 0 saturated carbocycles. The Morgan fingerprint density at radius 3 is 2.00 bits per heavy atom. The number of hydrogen-bond donors (Lipinski definition) is 1. The van der Waals surface area contributed by atoms with Crippen LogP contribution < -0.4 is 4.90 Å². The van der Waals surface area contributed by atoms with Crippen molar-refractivity contribution in [2.75, 3.05) is 11.4 Å². The van der Waals surface area contributed by atoms with E-state index in [0.717, 1.165) is 22.3 Å². The van der Waals surface area contributed by atoms with Gasteiger partial charge in [-0.25, -0.2) is 9.59 Å². The molecule has 11 nitrogen and oxygen atoms in total. The van der Waals surface area contributed by atoms with Crippen molar-refractivity contribution >= 4 is 35.5 Å². The molecule has 4 aliphatic rings. The van der Waals surface area contributed by atoms with Gasteiger partial charge in [0.25, 0.3) is 0 Å². The zero-order valence-corrected chi connectivity index (χ0v) is 29.2. The third kappa shape index (κ3) is 6.45. The van der Waals surface area contributed by atoms with E-state index in [-0.39, 0.29) is 37.1 Å². The van der Waals surface area contributed by atoms with Crippen LogP contribution in [0.3, 0.4) is 0 Å². The standard InChI is InChI=1S/C40H44N4O7/c1-40(2,3)51-39(50)44-29-17-10-9-15-27(29)23-34(44)37(47)43-30(25-12-5-4-6-13-25)19-20-31(43)35(45)42-24-28-16-8-7-14-26(28)22-33(42)36(46)41-21-11-18-32(41)38(48)49/h4-10,12-17,30-34H,11,18-24H2,1-3H3,(H,48,49)/t30-,31-,32+,33+,34+/m0/s1. The van der Waals surface area contributed by atoms with Crippen LogP contribution in [-0.4, -0.2) is 85.9 Å². The second-order valence-electron chi connectivity index (χ2n) is 14.9. The Labute approximate surface area is 297 Å². The zero-order chi connectivity index (χ0) is 36.0. The monoisotopic (exact) mass is 692 g/mol. The van der Waals surface area contributed by atoms with Crippen molar-refractivity contribution in [3.05, 3.63) is 101 Å².